The fourth-order valence-electron chi connectivity index (χ4n) is 3.58. The van der Waals surface area contributed by atoms with Gasteiger partial charge in [0.15, 0.2) is 11.5 Å². The number of anilines is 1. The first kappa shape index (κ1) is 21.6. The van der Waals surface area contributed by atoms with Crippen LogP contribution in [0, 0.1) is 5.92 Å². The second-order valence-electron chi connectivity index (χ2n) is 7.13. The summed E-state index contributed by atoms with van der Waals surface area (Å²) in [6, 6.07) is 6.23. The van der Waals surface area contributed by atoms with Crippen LogP contribution in [0.1, 0.15) is 22.5 Å². The zero-order chi connectivity index (χ0) is 22.0. The first-order valence-corrected chi connectivity index (χ1v) is 12.1. The van der Waals surface area contributed by atoms with Gasteiger partial charge >= 0.3 is 5.97 Å². The fourth-order valence-corrected chi connectivity index (χ4v) is 5.84. The second-order valence-corrected chi connectivity index (χ2v) is 9.98. The molecule has 1 N–H and O–H groups in total. The largest absolute Gasteiger partial charge is 0.486 e. The topological polar surface area (TPSA) is 111 Å². The molecule has 166 valence electrons. The molecule has 0 unspecified atom stereocenters. The van der Waals surface area contributed by atoms with Crippen LogP contribution in [0.5, 0.6) is 11.5 Å². The van der Waals surface area contributed by atoms with Gasteiger partial charge in [-0.1, -0.05) is 0 Å². The van der Waals surface area contributed by atoms with Crippen LogP contribution in [-0.4, -0.2) is 58.0 Å². The lowest BCUT2D eigenvalue weighted by Gasteiger charge is -2.30. The summed E-state index contributed by atoms with van der Waals surface area (Å²) < 4.78 is 43.1. The molecule has 1 aromatic heterocycles. The maximum absolute atomic E-state index is 13.0. The monoisotopic (exact) mass is 466 g/mol. The van der Waals surface area contributed by atoms with Crippen molar-refractivity contribution >= 4 is 38.9 Å². The number of carbonyl (C=O) groups excluding carboxylic acids is 2. The number of thiophene rings is 1. The summed E-state index contributed by atoms with van der Waals surface area (Å²) >= 11 is 1.19. The summed E-state index contributed by atoms with van der Waals surface area (Å²) in [7, 11) is -2.43. The van der Waals surface area contributed by atoms with E-state index in [1.807, 2.05) is 0 Å². The highest BCUT2D eigenvalue weighted by molar-refractivity contribution is 7.89. The van der Waals surface area contributed by atoms with Gasteiger partial charge in [0, 0.05) is 25.1 Å². The number of esters is 1. The van der Waals surface area contributed by atoms with Crippen LogP contribution in [-0.2, 0) is 19.6 Å². The third-order valence-electron chi connectivity index (χ3n) is 5.27. The highest BCUT2D eigenvalue weighted by Crippen LogP contribution is 2.34. The molecule has 9 nitrogen and oxygen atoms in total. The maximum atomic E-state index is 13.0. The highest BCUT2D eigenvalue weighted by atomic mass is 32.2. The first-order chi connectivity index (χ1) is 14.9. The van der Waals surface area contributed by atoms with Gasteiger partial charge in [0.2, 0.25) is 15.9 Å². The molecule has 3 heterocycles. The molecule has 0 bridgehead atoms. The van der Waals surface area contributed by atoms with E-state index in [-0.39, 0.29) is 29.8 Å². The van der Waals surface area contributed by atoms with Gasteiger partial charge in [-0.05, 0) is 36.4 Å². The third-order valence-corrected chi connectivity index (χ3v) is 8.06. The molecule has 0 aliphatic carbocycles. The maximum Gasteiger partial charge on any atom is 0.350 e. The van der Waals surface area contributed by atoms with Crippen LogP contribution in [0.4, 0.5) is 5.69 Å². The van der Waals surface area contributed by atoms with Crippen LogP contribution in [0.3, 0.4) is 0 Å². The Balaban J connectivity index is 1.40. The minimum absolute atomic E-state index is 0.139. The van der Waals surface area contributed by atoms with Gasteiger partial charge in [-0.15, -0.1) is 11.3 Å². The Labute approximate surface area is 184 Å². The van der Waals surface area contributed by atoms with Crippen molar-refractivity contribution in [2.75, 3.05) is 38.7 Å². The van der Waals surface area contributed by atoms with Gasteiger partial charge in [0.05, 0.1) is 17.7 Å². The molecule has 31 heavy (non-hydrogen) atoms. The van der Waals surface area contributed by atoms with Crippen LogP contribution < -0.4 is 14.8 Å². The molecule has 2 aliphatic heterocycles. The summed E-state index contributed by atoms with van der Waals surface area (Å²) in [5.74, 6) is -0.151. The van der Waals surface area contributed by atoms with E-state index in [1.54, 1.807) is 17.5 Å². The van der Waals surface area contributed by atoms with Crippen LogP contribution in [0.2, 0.25) is 0 Å². The molecule has 1 saturated heterocycles. The molecule has 0 radical (unpaired) electrons. The lowest BCUT2D eigenvalue weighted by atomic mass is 9.97. The Kier molecular flexibility index (Phi) is 6.17. The van der Waals surface area contributed by atoms with Gasteiger partial charge < -0.3 is 19.5 Å². The molecule has 0 saturated carbocycles. The normalized spacial score (nSPS) is 17.2. The number of sulfonamides is 1. The Morgan fingerprint density at radius 3 is 2.55 bits per heavy atom. The van der Waals surface area contributed by atoms with Gasteiger partial charge in [0.1, 0.15) is 18.1 Å². The van der Waals surface area contributed by atoms with Gasteiger partial charge in [0.25, 0.3) is 0 Å². The zero-order valence-electron chi connectivity index (χ0n) is 16.8. The number of fused-ring (bicyclic) bond motifs is 1. The molecule has 1 fully saturated rings. The quantitative estimate of drug-likeness (QED) is 0.673. The third kappa shape index (κ3) is 4.39. The summed E-state index contributed by atoms with van der Waals surface area (Å²) in [5.41, 5.74) is 0.410. The van der Waals surface area contributed by atoms with Crippen molar-refractivity contribution in [2.45, 2.75) is 17.7 Å². The van der Waals surface area contributed by atoms with E-state index in [2.05, 4.69) is 5.32 Å². The van der Waals surface area contributed by atoms with Crippen LogP contribution >= 0.6 is 11.3 Å². The summed E-state index contributed by atoms with van der Waals surface area (Å²) in [6.45, 7) is 1.25. The Morgan fingerprint density at radius 1 is 1.13 bits per heavy atom. The Bertz CT molecular complexity index is 1090. The number of rotatable bonds is 5. The van der Waals surface area contributed by atoms with Crippen molar-refractivity contribution in [3.05, 3.63) is 34.5 Å². The van der Waals surface area contributed by atoms with Crippen molar-refractivity contribution in [3.8, 4) is 11.5 Å². The average molecular weight is 467 g/mol. The number of piperidine rings is 1. The van der Waals surface area contributed by atoms with Gasteiger partial charge in [-0.3, -0.25) is 4.79 Å². The van der Waals surface area contributed by atoms with Gasteiger partial charge in [-0.25, -0.2) is 13.2 Å². The minimum atomic E-state index is -3.71. The van der Waals surface area contributed by atoms with Crippen LogP contribution in [0.15, 0.2) is 34.5 Å². The first-order valence-electron chi connectivity index (χ1n) is 9.76. The van der Waals surface area contributed by atoms with E-state index < -0.39 is 16.0 Å². The Hall–Kier alpha value is -2.63. The lowest BCUT2D eigenvalue weighted by Crippen LogP contribution is -2.41. The van der Waals surface area contributed by atoms with E-state index in [1.165, 1.54) is 34.9 Å². The summed E-state index contributed by atoms with van der Waals surface area (Å²) in [4.78, 5) is 24.9. The number of nitrogens with zero attached hydrogens (tertiary/aromatic N) is 1. The van der Waals surface area contributed by atoms with E-state index in [0.29, 0.717) is 48.1 Å². The molecule has 1 aromatic carbocycles. The minimum Gasteiger partial charge on any atom is -0.486 e. The number of hydrogen-bond donors (Lipinski definition) is 1. The van der Waals surface area contributed by atoms with Crippen molar-refractivity contribution < 1.29 is 32.2 Å². The van der Waals surface area contributed by atoms with E-state index in [9.17, 15) is 18.0 Å². The van der Waals surface area contributed by atoms with Crippen molar-refractivity contribution in [3.63, 3.8) is 0 Å². The average Bonchev–Trinajstić information content (AvgIpc) is 3.26. The van der Waals surface area contributed by atoms with E-state index in [4.69, 9.17) is 14.2 Å². The lowest BCUT2D eigenvalue weighted by molar-refractivity contribution is -0.120. The molecule has 1 amide bonds. The standard InChI is InChI=1S/C20H22N2O7S2/c1-27-20(24)18-15(6-11-30-18)21-19(23)13-4-7-22(8-5-13)31(25,26)14-2-3-16-17(12-14)29-10-9-28-16/h2-3,6,11-13H,4-5,7-10H2,1H3,(H,21,23). The highest BCUT2D eigenvalue weighted by Gasteiger charge is 2.33. The summed E-state index contributed by atoms with van der Waals surface area (Å²) in [6.07, 6.45) is 0.765. The number of hydrogen-bond acceptors (Lipinski definition) is 8. The van der Waals surface area contributed by atoms with E-state index in [0.717, 1.165) is 0 Å². The number of nitrogens with one attached hydrogen (secondary N) is 1. The molecule has 2 aromatic rings. The molecule has 11 heteroatoms. The molecule has 0 atom stereocenters. The molecular formula is C20H22N2O7S2. The number of carbonyl (C=O) groups is 2. The van der Waals surface area contributed by atoms with Crippen LogP contribution in [0.25, 0.3) is 0 Å². The zero-order valence-corrected chi connectivity index (χ0v) is 18.5. The molecule has 2 aliphatic rings. The summed E-state index contributed by atoms with van der Waals surface area (Å²) in [5, 5.41) is 4.47. The smallest absolute Gasteiger partial charge is 0.350 e. The SMILES string of the molecule is COC(=O)c1sccc1NC(=O)C1CCN(S(=O)(=O)c2ccc3c(c2)OCCO3)CC1. The molecule has 4 rings (SSSR count). The number of amides is 1. The second kappa shape index (κ2) is 8.85. The molecule has 0 spiro atoms. The Morgan fingerprint density at radius 2 is 1.84 bits per heavy atom. The number of methoxy groups -OCH3 is 1. The van der Waals surface area contributed by atoms with Crippen molar-refractivity contribution in [2.24, 2.45) is 5.92 Å². The predicted octanol–water partition coefficient (Wildman–Crippen LogP) is 2.35. The number of benzene rings is 1. The predicted molar refractivity (Wildman–Crippen MR) is 113 cm³/mol. The number of ether oxygens (including phenoxy) is 3. The van der Waals surface area contributed by atoms with E-state index >= 15 is 0 Å². The van der Waals surface area contributed by atoms with Crippen molar-refractivity contribution in [1.82, 2.24) is 4.31 Å². The fraction of sp³-hybridized carbons (Fsp3) is 0.400. The molecular weight excluding hydrogens is 444 g/mol. The van der Waals surface area contributed by atoms with Crippen molar-refractivity contribution in [1.29, 1.82) is 0 Å². The van der Waals surface area contributed by atoms with Gasteiger partial charge in [-0.2, -0.15) is 4.31 Å².